The summed E-state index contributed by atoms with van der Waals surface area (Å²) in [4.78, 5) is 10.9. The first-order valence-electron chi connectivity index (χ1n) is 4.14. The van der Waals surface area contributed by atoms with E-state index in [2.05, 4.69) is 0 Å². The quantitative estimate of drug-likeness (QED) is 0.364. The van der Waals surface area contributed by atoms with Crippen LogP contribution in [-0.4, -0.2) is 24.3 Å². The van der Waals surface area contributed by atoms with Crippen LogP contribution in [0.3, 0.4) is 0 Å². The van der Waals surface area contributed by atoms with Gasteiger partial charge in [-0.25, -0.2) is 4.79 Å². The highest BCUT2D eigenvalue weighted by molar-refractivity contribution is 5.82. The Hall–Kier alpha value is -0.830. The normalized spacial score (nSPS) is 28.0. The van der Waals surface area contributed by atoms with E-state index in [1.54, 1.807) is 6.08 Å². The summed E-state index contributed by atoms with van der Waals surface area (Å²) >= 11 is 0. The lowest BCUT2D eigenvalue weighted by atomic mass is 10.3. The van der Waals surface area contributed by atoms with Crippen molar-refractivity contribution in [3.05, 3.63) is 12.2 Å². The van der Waals surface area contributed by atoms with Gasteiger partial charge in [-0.1, -0.05) is 0 Å². The third-order valence-corrected chi connectivity index (χ3v) is 1.53. The highest BCUT2D eigenvalue weighted by atomic mass is 16.6. The molecule has 1 aliphatic heterocycles. The van der Waals surface area contributed by atoms with E-state index in [0.717, 1.165) is 0 Å². The van der Waals surface area contributed by atoms with Crippen molar-refractivity contribution in [2.75, 3.05) is 0 Å². The van der Waals surface area contributed by atoms with Crippen molar-refractivity contribution in [3.8, 4) is 0 Å². The van der Waals surface area contributed by atoms with Crippen LogP contribution in [0, 0.1) is 0 Å². The summed E-state index contributed by atoms with van der Waals surface area (Å²) in [5.74, 6) is -0.298. The standard InChI is InChI=1S/C9H14O3/c1-6(2)11-9(10)5-4-8-7(3)12-8/h4-8H,1-3H3/b5-4+. The van der Waals surface area contributed by atoms with E-state index in [1.807, 2.05) is 20.8 Å². The number of carbonyl (C=O) groups is 1. The van der Waals surface area contributed by atoms with Crippen LogP contribution in [0.1, 0.15) is 20.8 Å². The van der Waals surface area contributed by atoms with Crippen molar-refractivity contribution >= 4 is 5.97 Å². The monoisotopic (exact) mass is 170 g/mol. The van der Waals surface area contributed by atoms with E-state index in [4.69, 9.17) is 9.47 Å². The minimum atomic E-state index is -0.298. The van der Waals surface area contributed by atoms with Gasteiger partial charge in [0.2, 0.25) is 0 Å². The number of epoxide rings is 1. The maximum Gasteiger partial charge on any atom is 0.330 e. The first-order chi connectivity index (χ1) is 5.59. The van der Waals surface area contributed by atoms with E-state index in [0.29, 0.717) is 0 Å². The molecule has 1 heterocycles. The molecule has 1 fully saturated rings. The Morgan fingerprint density at radius 3 is 2.58 bits per heavy atom. The van der Waals surface area contributed by atoms with Gasteiger partial charge >= 0.3 is 5.97 Å². The molecule has 2 unspecified atom stereocenters. The second-order valence-corrected chi connectivity index (χ2v) is 3.15. The maximum absolute atomic E-state index is 10.9. The van der Waals surface area contributed by atoms with Gasteiger partial charge in [0.15, 0.2) is 0 Å². The molecular weight excluding hydrogens is 156 g/mol. The minimum Gasteiger partial charge on any atom is -0.460 e. The first-order valence-corrected chi connectivity index (χ1v) is 4.14. The average Bonchev–Trinajstić information content (AvgIpc) is 2.61. The molecule has 68 valence electrons. The topological polar surface area (TPSA) is 38.8 Å². The fourth-order valence-electron chi connectivity index (χ4n) is 0.849. The predicted molar refractivity (Wildman–Crippen MR) is 44.7 cm³/mol. The number of hydrogen-bond donors (Lipinski definition) is 0. The van der Waals surface area contributed by atoms with Gasteiger partial charge in [0, 0.05) is 6.08 Å². The number of hydrogen-bond acceptors (Lipinski definition) is 3. The van der Waals surface area contributed by atoms with Crippen molar-refractivity contribution in [2.24, 2.45) is 0 Å². The summed E-state index contributed by atoms with van der Waals surface area (Å²) in [6.07, 6.45) is 3.47. The molecule has 12 heavy (non-hydrogen) atoms. The fraction of sp³-hybridized carbons (Fsp3) is 0.667. The number of ether oxygens (including phenoxy) is 2. The molecule has 0 aromatic carbocycles. The maximum atomic E-state index is 10.9. The summed E-state index contributed by atoms with van der Waals surface area (Å²) in [6, 6.07) is 0. The van der Waals surface area contributed by atoms with E-state index in [-0.39, 0.29) is 24.3 Å². The minimum absolute atomic E-state index is 0.0558. The molecule has 0 aromatic heterocycles. The Balaban J connectivity index is 2.21. The Labute approximate surface area is 72.4 Å². The molecule has 1 rings (SSSR count). The third-order valence-electron chi connectivity index (χ3n) is 1.53. The predicted octanol–water partition coefficient (Wildman–Crippen LogP) is 1.28. The molecule has 1 aliphatic rings. The van der Waals surface area contributed by atoms with Gasteiger partial charge in [0.25, 0.3) is 0 Å². The summed E-state index contributed by atoms with van der Waals surface area (Å²) < 4.78 is 9.96. The molecule has 0 spiro atoms. The van der Waals surface area contributed by atoms with E-state index < -0.39 is 0 Å². The van der Waals surface area contributed by atoms with Crippen LogP contribution in [0.5, 0.6) is 0 Å². The lowest BCUT2D eigenvalue weighted by Gasteiger charge is -2.03. The van der Waals surface area contributed by atoms with Crippen LogP contribution in [0.15, 0.2) is 12.2 Å². The molecule has 0 aliphatic carbocycles. The van der Waals surface area contributed by atoms with Crippen molar-refractivity contribution in [2.45, 2.75) is 39.1 Å². The van der Waals surface area contributed by atoms with E-state index >= 15 is 0 Å². The zero-order valence-electron chi connectivity index (χ0n) is 7.61. The molecule has 0 radical (unpaired) electrons. The summed E-state index contributed by atoms with van der Waals surface area (Å²) in [6.45, 7) is 5.60. The van der Waals surface area contributed by atoms with Crippen molar-refractivity contribution < 1.29 is 14.3 Å². The molecular formula is C9H14O3. The molecule has 3 nitrogen and oxygen atoms in total. The van der Waals surface area contributed by atoms with Gasteiger partial charge in [0.1, 0.15) is 6.10 Å². The first kappa shape index (κ1) is 9.26. The van der Waals surface area contributed by atoms with Crippen LogP contribution < -0.4 is 0 Å². The van der Waals surface area contributed by atoms with Gasteiger partial charge < -0.3 is 9.47 Å². The Bertz CT molecular complexity index is 196. The van der Waals surface area contributed by atoms with E-state index in [1.165, 1.54) is 6.08 Å². The third kappa shape index (κ3) is 3.05. The SMILES string of the molecule is CC(C)OC(=O)/C=C/C1OC1C. The van der Waals surface area contributed by atoms with Gasteiger partial charge in [0.05, 0.1) is 12.2 Å². The average molecular weight is 170 g/mol. The Morgan fingerprint density at radius 2 is 2.17 bits per heavy atom. The van der Waals surface area contributed by atoms with Gasteiger partial charge in [-0.3, -0.25) is 0 Å². The molecule has 0 bridgehead atoms. The molecule has 0 aromatic rings. The number of esters is 1. The van der Waals surface area contributed by atoms with Crippen LogP contribution in [0.2, 0.25) is 0 Å². The van der Waals surface area contributed by atoms with Crippen LogP contribution in [-0.2, 0) is 14.3 Å². The summed E-state index contributed by atoms with van der Waals surface area (Å²) in [5, 5.41) is 0. The molecule has 0 saturated carbocycles. The van der Waals surface area contributed by atoms with Crippen molar-refractivity contribution in [1.82, 2.24) is 0 Å². The van der Waals surface area contributed by atoms with Gasteiger partial charge in [-0.05, 0) is 26.8 Å². The molecule has 0 N–H and O–H groups in total. The van der Waals surface area contributed by atoms with Crippen LogP contribution in [0.4, 0.5) is 0 Å². The zero-order chi connectivity index (χ0) is 9.14. The van der Waals surface area contributed by atoms with Gasteiger partial charge in [-0.15, -0.1) is 0 Å². The zero-order valence-corrected chi connectivity index (χ0v) is 7.61. The summed E-state index contributed by atoms with van der Waals surface area (Å²) in [7, 11) is 0. The molecule has 2 atom stereocenters. The second kappa shape index (κ2) is 3.72. The molecule has 0 amide bonds. The largest absolute Gasteiger partial charge is 0.460 e. The highest BCUT2D eigenvalue weighted by Gasteiger charge is 2.31. The lowest BCUT2D eigenvalue weighted by molar-refractivity contribution is -0.141. The number of carbonyl (C=O) groups excluding carboxylic acids is 1. The van der Waals surface area contributed by atoms with Crippen LogP contribution in [0.25, 0.3) is 0 Å². The number of rotatable bonds is 3. The van der Waals surface area contributed by atoms with Crippen molar-refractivity contribution in [1.29, 1.82) is 0 Å². The highest BCUT2D eigenvalue weighted by Crippen LogP contribution is 2.21. The molecule has 1 saturated heterocycles. The van der Waals surface area contributed by atoms with Crippen LogP contribution >= 0.6 is 0 Å². The van der Waals surface area contributed by atoms with Gasteiger partial charge in [-0.2, -0.15) is 0 Å². The molecule has 3 heteroatoms. The van der Waals surface area contributed by atoms with Crippen molar-refractivity contribution in [3.63, 3.8) is 0 Å². The second-order valence-electron chi connectivity index (χ2n) is 3.15. The summed E-state index contributed by atoms with van der Waals surface area (Å²) in [5.41, 5.74) is 0. The smallest absolute Gasteiger partial charge is 0.330 e. The Morgan fingerprint density at radius 1 is 1.58 bits per heavy atom. The van der Waals surface area contributed by atoms with E-state index in [9.17, 15) is 4.79 Å². The fourth-order valence-corrected chi connectivity index (χ4v) is 0.849. The lowest BCUT2D eigenvalue weighted by Crippen LogP contribution is -2.08. The Kier molecular flexibility index (Phi) is 2.87.